The first-order valence-electron chi connectivity index (χ1n) is 10.6. The summed E-state index contributed by atoms with van der Waals surface area (Å²) in [6, 6.07) is 15.6. The third kappa shape index (κ3) is 6.16. The quantitative estimate of drug-likeness (QED) is 0.251. The van der Waals surface area contributed by atoms with E-state index in [9.17, 15) is 26.7 Å². The van der Waals surface area contributed by atoms with Crippen molar-refractivity contribution in [2.75, 3.05) is 10.6 Å². The van der Waals surface area contributed by atoms with Gasteiger partial charge in [0.25, 0.3) is 0 Å². The third-order valence-electron chi connectivity index (χ3n) is 5.15. The molecule has 194 valence electrons. The van der Waals surface area contributed by atoms with Crippen LogP contribution in [0.4, 0.5) is 5.69 Å². The smallest absolute Gasteiger partial charge is 0.343 e. The van der Waals surface area contributed by atoms with Crippen LogP contribution in [0.15, 0.2) is 72.7 Å². The van der Waals surface area contributed by atoms with Gasteiger partial charge in [0.2, 0.25) is 5.88 Å². The third-order valence-corrected chi connectivity index (χ3v) is 7.13. The van der Waals surface area contributed by atoms with E-state index >= 15 is 0 Å². The second-order valence-corrected chi connectivity index (χ2v) is 11.7. The highest BCUT2D eigenvalue weighted by molar-refractivity contribution is 7.91. The maximum atomic E-state index is 12.8. The molecule has 0 saturated heterocycles. The van der Waals surface area contributed by atoms with E-state index in [4.69, 9.17) is 20.5 Å². The monoisotopic (exact) mass is 564 g/mol. The van der Waals surface area contributed by atoms with Gasteiger partial charge in [-0.15, -0.1) is 0 Å². The van der Waals surface area contributed by atoms with Gasteiger partial charge in [-0.3, -0.25) is 0 Å². The molecule has 4 rings (SSSR count). The van der Waals surface area contributed by atoms with E-state index in [0.717, 1.165) is 16.8 Å². The van der Waals surface area contributed by atoms with Gasteiger partial charge in [0, 0.05) is 17.0 Å². The Kier molecular flexibility index (Phi) is 7.09. The fraction of sp³-hybridized carbons (Fsp3) is 0.125. The molecule has 0 radical (unpaired) electrons. The lowest BCUT2D eigenvalue weighted by Crippen LogP contribution is -2.30. The Morgan fingerprint density at radius 3 is 2.43 bits per heavy atom. The molecule has 0 amide bonds. The van der Waals surface area contributed by atoms with Crippen LogP contribution in [-0.2, 0) is 26.7 Å². The van der Waals surface area contributed by atoms with Crippen LogP contribution in [-0.4, -0.2) is 34.2 Å². The molecular weight excluding hydrogens is 544 g/mol. The second-order valence-electron chi connectivity index (χ2n) is 8.15. The summed E-state index contributed by atoms with van der Waals surface area (Å²) in [4.78, 5) is 12.8. The lowest BCUT2D eigenvalue weighted by molar-refractivity contribution is 0.0735. The van der Waals surface area contributed by atoms with Crippen molar-refractivity contribution in [1.29, 1.82) is 0 Å². The van der Waals surface area contributed by atoms with Crippen LogP contribution in [0.25, 0.3) is 0 Å². The van der Waals surface area contributed by atoms with Crippen LogP contribution in [0.3, 0.4) is 0 Å². The average molecular weight is 565 g/mol. The van der Waals surface area contributed by atoms with Crippen LogP contribution in [0.5, 0.6) is 11.5 Å². The molecule has 0 atom stereocenters. The largest absolute Gasteiger partial charge is 0.493 e. The molecule has 13 heteroatoms. The first kappa shape index (κ1) is 26.3. The molecule has 0 aromatic heterocycles. The van der Waals surface area contributed by atoms with Crippen LogP contribution in [0.2, 0.25) is 5.02 Å². The van der Waals surface area contributed by atoms with E-state index in [1.807, 2.05) is 4.72 Å². The number of hydrogen-bond acceptors (Lipinski definition) is 8. The number of carbonyl (C=O) groups is 1. The summed E-state index contributed by atoms with van der Waals surface area (Å²) < 4.78 is 62.0. The number of benzene rings is 3. The topological polar surface area (TPSA) is 139 Å². The highest BCUT2D eigenvalue weighted by Crippen LogP contribution is 2.36. The summed E-state index contributed by atoms with van der Waals surface area (Å²) in [7, 11) is -8.02. The van der Waals surface area contributed by atoms with Gasteiger partial charge in [0.15, 0.2) is 5.75 Å². The Morgan fingerprint density at radius 2 is 1.81 bits per heavy atom. The molecule has 1 aliphatic rings. The number of ether oxygens (including phenoxy) is 1. The van der Waals surface area contributed by atoms with Crippen LogP contribution in [0, 0.1) is 6.92 Å². The van der Waals surface area contributed by atoms with Gasteiger partial charge in [-0.05, 0) is 54.4 Å². The van der Waals surface area contributed by atoms with Gasteiger partial charge in [0.1, 0.15) is 11.4 Å². The fourth-order valence-electron chi connectivity index (χ4n) is 3.67. The standard InChI is InChI=1S/C24H21ClN2O8S2/c1-15-10-19(25)13-18(23(15)35-36(2,30)31)11-16-8-9-20(27-14-22(28)26-37(27,32)33)21(12-16)34-24(29)17-6-4-3-5-7-17/h3-10,12-14,26,28H,11H2,1-2H3. The number of hydrogen-bond donors (Lipinski definition) is 2. The molecule has 10 nitrogen and oxygen atoms in total. The highest BCUT2D eigenvalue weighted by Gasteiger charge is 2.31. The van der Waals surface area contributed by atoms with E-state index in [1.54, 1.807) is 43.3 Å². The molecule has 0 bridgehead atoms. The number of halogens is 1. The molecule has 0 spiro atoms. The summed E-state index contributed by atoms with van der Waals surface area (Å²) in [5.41, 5.74) is 1.65. The van der Waals surface area contributed by atoms with Crippen LogP contribution >= 0.6 is 11.6 Å². The number of anilines is 1. The van der Waals surface area contributed by atoms with Gasteiger partial charge in [-0.2, -0.15) is 16.8 Å². The number of aryl methyl sites for hydroxylation is 1. The number of carbonyl (C=O) groups excluding carboxylic acids is 1. The lowest BCUT2D eigenvalue weighted by Gasteiger charge is -2.19. The molecule has 3 aromatic rings. The van der Waals surface area contributed by atoms with Crippen molar-refractivity contribution in [1.82, 2.24) is 4.72 Å². The highest BCUT2D eigenvalue weighted by atomic mass is 35.5. The molecule has 1 heterocycles. The van der Waals surface area contributed by atoms with Crippen molar-refractivity contribution in [3.8, 4) is 11.5 Å². The molecule has 3 aromatic carbocycles. The van der Waals surface area contributed by atoms with E-state index in [0.29, 0.717) is 21.7 Å². The van der Waals surface area contributed by atoms with Crippen LogP contribution < -0.4 is 17.9 Å². The van der Waals surface area contributed by atoms with Gasteiger partial charge < -0.3 is 14.0 Å². The Labute approximate surface area is 219 Å². The van der Waals surface area contributed by atoms with Crippen molar-refractivity contribution in [2.24, 2.45) is 0 Å². The molecule has 0 unspecified atom stereocenters. The van der Waals surface area contributed by atoms with Crippen LogP contribution in [0.1, 0.15) is 27.0 Å². The maximum absolute atomic E-state index is 12.8. The minimum absolute atomic E-state index is 0.0422. The molecular formula is C24H21ClN2O8S2. The zero-order chi connectivity index (χ0) is 27.0. The first-order chi connectivity index (χ1) is 17.3. The van der Waals surface area contributed by atoms with E-state index in [1.165, 1.54) is 24.3 Å². The summed E-state index contributed by atoms with van der Waals surface area (Å²) in [5.74, 6) is -1.36. The zero-order valence-electron chi connectivity index (χ0n) is 19.5. The number of aliphatic hydroxyl groups excluding tert-OH is 1. The zero-order valence-corrected chi connectivity index (χ0v) is 21.9. The Balaban J connectivity index is 1.78. The predicted molar refractivity (Wildman–Crippen MR) is 138 cm³/mol. The Bertz CT molecular complexity index is 1620. The minimum atomic E-state index is -4.18. The molecule has 2 N–H and O–H groups in total. The summed E-state index contributed by atoms with van der Waals surface area (Å²) in [6.07, 6.45) is 1.96. The van der Waals surface area contributed by atoms with Gasteiger partial charge in [0.05, 0.1) is 18.0 Å². The SMILES string of the molecule is Cc1cc(Cl)cc(Cc2ccc(N3C=C(O)NS3(=O)=O)c(OC(=O)c3ccccc3)c2)c1OS(C)(=O)=O. The Hall–Kier alpha value is -3.74. The number of nitrogens with zero attached hydrogens (tertiary/aromatic N) is 1. The van der Waals surface area contributed by atoms with Gasteiger partial charge >= 0.3 is 26.3 Å². The number of esters is 1. The second kappa shape index (κ2) is 9.96. The summed E-state index contributed by atoms with van der Waals surface area (Å²) in [5, 5.41) is 10.1. The summed E-state index contributed by atoms with van der Waals surface area (Å²) in [6.45, 7) is 1.65. The summed E-state index contributed by atoms with van der Waals surface area (Å²) >= 11 is 6.20. The first-order valence-corrected chi connectivity index (χ1v) is 14.3. The molecule has 37 heavy (non-hydrogen) atoms. The molecule has 0 fully saturated rings. The molecule has 0 saturated carbocycles. The maximum Gasteiger partial charge on any atom is 0.343 e. The van der Waals surface area contributed by atoms with Crippen molar-refractivity contribution in [3.05, 3.63) is 100 Å². The molecule has 1 aliphatic heterocycles. The van der Waals surface area contributed by atoms with E-state index in [-0.39, 0.29) is 29.2 Å². The number of rotatable bonds is 7. The van der Waals surface area contributed by atoms with Crippen molar-refractivity contribution < 1.29 is 35.7 Å². The van der Waals surface area contributed by atoms with E-state index in [2.05, 4.69) is 0 Å². The predicted octanol–water partition coefficient (Wildman–Crippen LogP) is 3.81. The fourth-order valence-corrected chi connectivity index (χ4v) is 5.57. The van der Waals surface area contributed by atoms with Crippen molar-refractivity contribution >= 4 is 43.6 Å². The normalized spacial score (nSPS) is 14.6. The van der Waals surface area contributed by atoms with Crippen molar-refractivity contribution in [3.63, 3.8) is 0 Å². The number of aliphatic hydroxyl groups is 1. The van der Waals surface area contributed by atoms with Crippen molar-refractivity contribution in [2.45, 2.75) is 13.3 Å². The van der Waals surface area contributed by atoms with Gasteiger partial charge in [-0.25, -0.2) is 13.8 Å². The minimum Gasteiger partial charge on any atom is -0.493 e. The Morgan fingerprint density at radius 1 is 1.11 bits per heavy atom. The molecule has 0 aliphatic carbocycles. The van der Waals surface area contributed by atoms with Gasteiger partial charge in [-0.1, -0.05) is 35.9 Å². The van der Waals surface area contributed by atoms with E-state index < -0.39 is 32.2 Å². The lowest BCUT2D eigenvalue weighted by atomic mass is 10.0. The number of nitrogens with one attached hydrogen (secondary N) is 1. The average Bonchev–Trinajstić information content (AvgIpc) is 3.08.